The van der Waals surface area contributed by atoms with Crippen LogP contribution in [-0.2, 0) is 16.6 Å². The Kier molecular flexibility index (Phi) is 3.68. The fourth-order valence-corrected chi connectivity index (χ4v) is 3.57. The standard InChI is InChI=1S/C18H26N2O2/c1-17(2,3)22-16(21)20-11-8-13-6-4-7-14(15(13)20)18(12-19)9-5-10-18/h4,6-7H,5,8-12,19H2,1-3H3. The molecule has 120 valence electrons. The van der Waals surface area contributed by atoms with Gasteiger partial charge in [0.2, 0.25) is 0 Å². The van der Waals surface area contributed by atoms with E-state index in [1.807, 2.05) is 25.7 Å². The van der Waals surface area contributed by atoms with Gasteiger partial charge in [-0.05, 0) is 51.2 Å². The molecule has 0 saturated heterocycles. The number of para-hydroxylation sites is 1. The minimum absolute atomic E-state index is 0.0515. The smallest absolute Gasteiger partial charge is 0.414 e. The van der Waals surface area contributed by atoms with E-state index in [4.69, 9.17) is 10.5 Å². The third kappa shape index (κ3) is 2.50. The van der Waals surface area contributed by atoms with E-state index in [0.717, 1.165) is 24.9 Å². The van der Waals surface area contributed by atoms with Gasteiger partial charge in [-0.1, -0.05) is 24.6 Å². The van der Waals surface area contributed by atoms with Gasteiger partial charge >= 0.3 is 6.09 Å². The zero-order valence-corrected chi connectivity index (χ0v) is 13.8. The Morgan fingerprint density at radius 2 is 2.09 bits per heavy atom. The average molecular weight is 302 g/mol. The van der Waals surface area contributed by atoms with E-state index in [-0.39, 0.29) is 11.5 Å². The Balaban J connectivity index is 1.97. The number of fused-ring (bicyclic) bond motifs is 1. The molecule has 2 N–H and O–H groups in total. The van der Waals surface area contributed by atoms with E-state index in [0.29, 0.717) is 13.1 Å². The summed E-state index contributed by atoms with van der Waals surface area (Å²) in [6.45, 7) is 7.05. The topological polar surface area (TPSA) is 55.6 Å². The molecule has 4 heteroatoms. The van der Waals surface area contributed by atoms with Crippen molar-refractivity contribution < 1.29 is 9.53 Å². The van der Waals surface area contributed by atoms with E-state index < -0.39 is 5.60 Å². The van der Waals surface area contributed by atoms with Crippen LogP contribution in [0.25, 0.3) is 0 Å². The summed E-state index contributed by atoms with van der Waals surface area (Å²) in [5.74, 6) is 0. The molecule has 0 aromatic heterocycles. The SMILES string of the molecule is CC(C)(C)OC(=O)N1CCc2cccc(C3(CN)CCC3)c21. The van der Waals surface area contributed by atoms with Gasteiger partial charge in [-0.15, -0.1) is 0 Å². The van der Waals surface area contributed by atoms with Crippen LogP contribution in [0, 0.1) is 0 Å². The molecular weight excluding hydrogens is 276 g/mol. The lowest BCUT2D eigenvalue weighted by atomic mass is 9.64. The molecule has 22 heavy (non-hydrogen) atoms. The zero-order chi connectivity index (χ0) is 16.0. The number of carbonyl (C=O) groups is 1. The molecule has 0 unspecified atom stereocenters. The average Bonchev–Trinajstić information content (AvgIpc) is 2.80. The Morgan fingerprint density at radius 3 is 2.64 bits per heavy atom. The van der Waals surface area contributed by atoms with E-state index >= 15 is 0 Å². The highest BCUT2D eigenvalue weighted by atomic mass is 16.6. The third-order valence-corrected chi connectivity index (χ3v) is 4.88. The maximum Gasteiger partial charge on any atom is 0.414 e. The number of nitrogens with two attached hydrogens (primary N) is 1. The first-order valence-corrected chi connectivity index (χ1v) is 8.19. The van der Waals surface area contributed by atoms with Crippen LogP contribution in [0.4, 0.5) is 10.5 Å². The molecule has 1 aliphatic heterocycles. The molecule has 1 aromatic carbocycles. The van der Waals surface area contributed by atoms with Gasteiger partial charge in [-0.25, -0.2) is 4.79 Å². The van der Waals surface area contributed by atoms with Gasteiger partial charge in [-0.3, -0.25) is 4.90 Å². The van der Waals surface area contributed by atoms with Crippen molar-refractivity contribution in [2.24, 2.45) is 5.73 Å². The molecule has 1 aliphatic carbocycles. The lowest BCUT2D eigenvalue weighted by molar-refractivity contribution is 0.0583. The Labute approximate surface area is 132 Å². The van der Waals surface area contributed by atoms with Crippen LogP contribution in [0.2, 0.25) is 0 Å². The van der Waals surface area contributed by atoms with Crippen molar-refractivity contribution in [3.8, 4) is 0 Å². The highest BCUT2D eigenvalue weighted by Gasteiger charge is 2.42. The molecule has 0 atom stereocenters. The predicted octanol–water partition coefficient (Wildman–Crippen LogP) is 3.36. The molecular formula is C18H26N2O2. The number of ether oxygens (including phenoxy) is 1. The van der Waals surface area contributed by atoms with Crippen molar-refractivity contribution in [3.63, 3.8) is 0 Å². The van der Waals surface area contributed by atoms with Crippen molar-refractivity contribution in [1.82, 2.24) is 0 Å². The second-order valence-corrected chi connectivity index (χ2v) is 7.53. The maximum absolute atomic E-state index is 12.6. The number of hydrogen-bond donors (Lipinski definition) is 1. The third-order valence-electron chi connectivity index (χ3n) is 4.88. The quantitative estimate of drug-likeness (QED) is 0.911. The lowest BCUT2D eigenvalue weighted by Crippen LogP contribution is -2.43. The van der Waals surface area contributed by atoms with E-state index in [1.54, 1.807) is 0 Å². The van der Waals surface area contributed by atoms with Gasteiger partial charge in [0.15, 0.2) is 0 Å². The van der Waals surface area contributed by atoms with Gasteiger partial charge in [0, 0.05) is 18.5 Å². The van der Waals surface area contributed by atoms with Gasteiger partial charge in [0.25, 0.3) is 0 Å². The molecule has 1 amide bonds. The molecule has 3 rings (SSSR count). The highest BCUT2D eigenvalue weighted by molar-refractivity contribution is 5.92. The molecule has 1 aromatic rings. The van der Waals surface area contributed by atoms with Crippen molar-refractivity contribution in [3.05, 3.63) is 29.3 Å². The summed E-state index contributed by atoms with van der Waals surface area (Å²) in [4.78, 5) is 14.4. The highest BCUT2D eigenvalue weighted by Crippen LogP contribution is 2.48. The van der Waals surface area contributed by atoms with Gasteiger partial charge in [0.05, 0.1) is 5.69 Å². The van der Waals surface area contributed by atoms with Crippen LogP contribution in [0.3, 0.4) is 0 Å². The normalized spacial score (nSPS) is 19.5. The van der Waals surface area contributed by atoms with Crippen molar-refractivity contribution >= 4 is 11.8 Å². The number of carbonyl (C=O) groups excluding carboxylic acids is 1. The van der Waals surface area contributed by atoms with Gasteiger partial charge in [0.1, 0.15) is 5.60 Å². The Hall–Kier alpha value is -1.55. The lowest BCUT2D eigenvalue weighted by Gasteiger charge is -2.43. The first-order valence-electron chi connectivity index (χ1n) is 8.19. The van der Waals surface area contributed by atoms with Crippen LogP contribution in [0.1, 0.15) is 51.2 Å². The molecule has 1 saturated carbocycles. The minimum atomic E-state index is -0.475. The predicted molar refractivity (Wildman–Crippen MR) is 88.3 cm³/mol. The van der Waals surface area contributed by atoms with Crippen LogP contribution in [0.15, 0.2) is 18.2 Å². The number of amides is 1. The van der Waals surface area contributed by atoms with Crippen molar-refractivity contribution in [2.75, 3.05) is 18.0 Å². The van der Waals surface area contributed by atoms with Gasteiger partial charge in [-0.2, -0.15) is 0 Å². The molecule has 0 spiro atoms. The second kappa shape index (κ2) is 5.27. The van der Waals surface area contributed by atoms with Crippen molar-refractivity contribution in [1.29, 1.82) is 0 Å². The minimum Gasteiger partial charge on any atom is -0.443 e. The number of benzene rings is 1. The molecule has 1 heterocycles. The van der Waals surface area contributed by atoms with E-state index in [2.05, 4.69) is 18.2 Å². The van der Waals surface area contributed by atoms with Crippen LogP contribution < -0.4 is 10.6 Å². The summed E-state index contributed by atoms with van der Waals surface area (Å²) in [5, 5.41) is 0. The fourth-order valence-electron chi connectivity index (χ4n) is 3.57. The largest absolute Gasteiger partial charge is 0.443 e. The number of rotatable bonds is 2. The summed E-state index contributed by atoms with van der Waals surface area (Å²) >= 11 is 0. The first-order chi connectivity index (χ1) is 10.4. The number of anilines is 1. The Morgan fingerprint density at radius 1 is 1.36 bits per heavy atom. The monoisotopic (exact) mass is 302 g/mol. The maximum atomic E-state index is 12.6. The summed E-state index contributed by atoms with van der Waals surface area (Å²) in [5.41, 5.74) is 9.19. The zero-order valence-electron chi connectivity index (χ0n) is 13.8. The molecule has 0 radical (unpaired) electrons. The molecule has 0 bridgehead atoms. The second-order valence-electron chi connectivity index (χ2n) is 7.53. The Bertz CT molecular complexity index is 580. The van der Waals surface area contributed by atoms with Crippen LogP contribution in [0.5, 0.6) is 0 Å². The first kappa shape index (κ1) is 15.3. The van der Waals surface area contributed by atoms with E-state index in [9.17, 15) is 4.79 Å². The van der Waals surface area contributed by atoms with Crippen LogP contribution in [-0.4, -0.2) is 24.8 Å². The summed E-state index contributed by atoms with van der Waals surface area (Å²) in [7, 11) is 0. The summed E-state index contributed by atoms with van der Waals surface area (Å²) in [6, 6.07) is 6.36. The molecule has 2 aliphatic rings. The van der Waals surface area contributed by atoms with Gasteiger partial charge < -0.3 is 10.5 Å². The fraction of sp³-hybridized carbons (Fsp3) is 0.611. The summed E-state index contributed by atoms with van der Waals surface area (Å²) in [6.07, 6.45) is 4.09. The molecule has 4 nitrogen and oxygen atoms in total. The van der Waals surface area contributed by atoms with Crippen LogP contribution >= 0.6 is 0 Å². The summed E-state index contributed by atoms with van der Waals surface area (Å²) < 4.78 is 5.59. The van der Waals surface area contributed by atoms with E-state index in [1.165, 1.54) is 17.5 Å². The molecule has 1 fully saturated rings. The number of hydrogen-bond acceptors (Lipinski definition) is 3. The number of nitrogens with zero attached hydrogens (tertiary/aromatic N) is 1. The van der Waals surface area contributed by atoms with Crippen molar-refractivity contribution in [2.45, 2.75) is 57.5 Å².